The van der Waals surface area contributed by atoms with Gasteiger partial charge < -0.3 is 11.1 Å². The topological polar surface area (TPSA) is 55.1 Å². The van der Waals surface area contributed by atoms with Gasteiger partial charge in [0, 0.05) is 17.3 Å². The van der Waals surface area contributed by atoms with Crippen LogP contribution in [0, 0.1) is 0 Å². The number of carbonyl (C=O) groups is 1. The van der Waals surface area contributed by atoms with Crippen molar-refractivity contribution in [1.29, 1.82) is 0 Å². The predicted octanol–water partition coefficient (Wildman–Crippen LogP) is 1.29. The Labute approximate surface area is 80.9 Å². The standard InChI is InChI=1S/C9H9ClN2O/c10-7-3-8-5(1-6(7)4-11)2-9(13)12-8/h1,3H,2,4,11H2,(H,12,13). The molecular formula is C9H9ClN2O. The van der Waals surface area contributed by atoms with Crippen LogP contribution in [0.15, 0.2) is 12.1 Å². The number of anilines is 1. The highest BCUT2D eigenvalue weighted by molar-refractivity contribution is 6.31. The van der Waals surface area contributed by atoms with E-state index in [0.717, 1.165) is 16.8 Å². The molecule has 13 heavy (non-hydrogen) atoms. The second kappa shape index (κ2) is 3.01. The minimum atomic E-state index is 0.0141. The number of rotatable bonds is 1. The fourth-order valence-electron chi connectivity index (χ4n) is 1.46. The third-order valence-electron chi connectivity index (χ3n) is 2.12. The van der Waals surface area contributed by atoms with E-state index in [9.17, 15) is 4.79 Å². The van der Waals surface area contributed by atoms with Crippen LogP contribution in [0.1, 0.15) is 11.1 Å². The first-order valence-corrected chi connectivity index (χ1v) is 4.39. The predicted molar refractivity (Wildman–Crippen MR) is 51.7 cm³/mol. The summed E-state index contributed by atoms with van der Waals surface area (Å²) in [6.07, 6.45) is 0.430. The van der Waals surface area contributed by atoms with Crippen molar-refractivity contribution in [2.45, 2.75) is 13.0 Å². The average Bonchev–Trinajstić information content (AvgIpc) is 2.42. The van der Waals surface area contributed by atoms with Crippen molar-refractivity contribution < 1.29 is 4.79 Å². The maximum Gasteiger partial charge on any atom is 0.228 e. The van der Waals surface area contributed by atoms with Gasteiger partial charge in [-0.05, 0) is 17.2 Å². The molecule has 0 bridgehead atoms. The Morgan fingerprint density at radius 2 is 2.31 bits per heavy atom. The first-order valence-electron chi connectivity index (χ1n) is 4.02. The summed E-state index contributed by atoms with van der Waals surface area (Å²) in [5.41, 5.74) is 8.17. The highest BCUT2D eigenvalue weighted by atomic mass is 35.5. The summed E-state index contributed by atoms with van der Waals surface area (Å²) in [6, 6.07) is 3.64. The number of nitrogens with one attached hydrogen (secondary N) is 1. The lowest BCUT2D eigenvalue weighted by Gasteiger charge is -2.04. The zero-order chi connectivity index (χ0) is 9.42. The molecule has 1 aromatic carbocycles. The van der Waals surface area contributed by atoms with Crippen LogP contribution >= 0.6 is 11.6 Å². The van der Waals surface area contributed by atoms with Crippen LogP contribution in [0.3, 0.4) is 0 Å². The summed E-state index contributed by atoms with van der Waals surface area (Å²) in [5, 5.41) is 3.34. The number of hydrogen-bond acceptors (Lipinski definition) is 2. The molecule has 0 unspecified atom stereocenters. The molecule has 1 aromatic rings. The second-order valence-corrected chi connectivity index (χ2v) is 3.44. The maximum atomic E-state index is 11.0. The Balaban J connectivity index is 2.50. The Kier molecular flexibility index (Phi) is 1.98. The first-order chi connectivity index (χ1) is 6.20. The highest BCUT2D eigenvalue weighted by Crippen LogP contribution is 2.29. The lowest BCUT2D eigenvalue weighted by molar-refractivity contribution is -0.115. The molecule has 1 amide bonds. The summed E-state index contributed by atoms with van der Waals surface area (Å²) in [4.78, 5) is 11.0. The van der Waals surface area contributed by atoms with Crippen molar-refractivity contribution in [2.24, 2.45) is 5.73 Å². The van der Waals surface area contributed by atoms with E-state index < -0.39 is 0 Å². The number of fused-ring (bicyclic) bond motifs is 1. The van der Waals surface area contributed by atoms with Gasteiger partial charge in [0.2, 0.25) is 5.91 Å². The SMILES string of the molecule is NCc1cc2c(cc1Cl)NC(=O)C2. The van der Waals surface area contributed by atoms with E-state index in [1.165, 1.54) is 0 Å². The average molecular weight is 197 g/mol. The molecule has 2 rings (SSSR count). The smallest absolute Gasteiger partial charge is 0.228 e. The van der Waals surface area contributed by atoms with Crippen molar-refractivity contribution in [2.75, 3.05) is 5.32 Å². The van der Waals surface area contributed by atoms with Gasteiger partial charge in [-0.2, -0.15) is 0 Å². The number of hydrogen-bond donors (Lipinski definition) is 2. The molecule has 1 heterocycles. The number of carbonyl (C=O) groups excluding carboxylic acids is 1. The van der Waals surface area contributed by atoms with Crippen molar-refractivity contribution in [3.05, 3.63) is 28.3 Å². The molecule has 1 aliphatic rings. The van der Waals surface area contributed by atoms with Crippen LogP contribution in [-0.4, -0.2) is 5.91 Å². The normalized spacial score (nSPS) is 14.2. The maximum absolute atomic E-state index is 11.0. The fourth-order valence-corrected chi connectivity index (χ4v) is 1.70. The van der Waals surface area contributed by atoms with Crippen molar-refractivity contribution in [3.8, 4) is 0 Å². The molecule has 0 saturated heterocycles. The fraction of sp³-hybridized carbons (Fsp3) is 0.222. The van der Waals surface area contributed by atoms with E-state index in [0.29, 0.717) is 18.0 Å². The molecule has 3 N–H and O–H groups in total. The van der Waals surface area contributed by atoms with Gasteiger partial charge in [0.15, 0.2) is 0 Å². The van der Waals surface area contributed by atoms with Gasteiger partial charge in [-0.1, -0.05) is 17.7 Å². The first kappa shape index (κ1) is 8.53. The quantitative estimate of drug-likeness (QED) is 0.711. The zero-order valence-corrected chi connectivity index (χ0v) is 7.69. The van der Waals surface area contributed by atoms with Gasteiger partial charge in [-0.3, -0.25) is 4.79 Å². The summed E-state index contributed by atoms with van der Waals surface area (Å²) in [6.45, 7) is 0.403. The molecule has 0 aliphatic carbocycles. The van der Waals surface area contributed by atoms with Crippen LogP contribution in [-0.2, 0) is 17.8 Å². The van der Waals surface area contributed by atoms with Gasteiger partial charge in [-0.25, -0.2) is 0 Å². The minimum absolute atomic E-state index is 0.0141. The van der Waals surface area contributed by atoms with Crippen LogP contribution in [0.25, 0.3) is 0 Å². The number of nitrogens with two attached hydrogens (primary N) is 1. The van der Waals surface area contributed by atoms with Gasteiger partial charge >= 0.3 is 0 Å². The van der Waals surface area contributed by atoms with Crippen LogP contribution < -0.4 is 11.1 Å². The van der Waals surface area contributed by atoms with Crippen molar-refractivity contribution in [1.82, 2.24) is 0 Å². The minimum Gasteiger partial charge on any atom is -0.326 e. The van der Waals surface area contributed by atoms with Gasteiger partial charge in [-0.15, -0.1) is 0 Å². The van der Waals surface area contributed by atoms with Crippen LogP contribution in [0.2, 0.25) is 5.02 Å². The van der Waals surface area contributed by atoms with Crippen LogP contribution in [0.4, 0.5) is 5.69 Å². The zero-order valence-electron chi connectivity index (χ0n) is 6.93. The molecule has 0 atom stereocenters. The van der Waals surface area contributed by atoms with Crippen molar-refractivity contribution >= 4 is 23.2 Å². The molecule has 0 saturated carbocycles. The van der Waals surface area contributed by atoms with E-state index in [-0.39, 0.29) is 5.91 Å². The van der Waals surface area contributed by atoms with E-state index in [2.05, 4.69) is 5.32 Å². The molecule has 68 valence electrons. The van der Waals surface area contributed by atoms with Gasteiger partial charge in [0.1, 0.15) is 0 Å². The lowest BCUT2D eigenvalue weighted by atomic mass is 10.1. The molecule has 0 aromatic heterocycles. The number of halogens is 1. The van der Waals surface area contributed by atoms with E-state index in [4.69, 9.17) is 17.3 Å². The summed E-state index contributed by atoms with van der Waals surface area (Å²) < 4.78 is 0. The summed E-state index contributed by atoms with van der Waals surface area (Å²) in [7, 11) is 0. The summed E-state index contributed by atoms with van der Waals surface area (Å²) in [5.74, 6) is 0.0141. The van der Waals surface area contributed by atoms with Gasteiger partial charge in [0.05, 0.1) is 6.42 Å². The molecule has 0 fully saturated rings. The van der Waals surface area contributed by atoms with E-state index in [1.807, 2.05) is 6.07 Å². The Hall–Kier alpha value is -1.06. The van der Waals surface area contributed by atoms with Crippen molar-refractivity contribution in [3.63, 3.8) is 0 Å². The van der Waals surface area contributed by atoms with Crippen LogP contribution in [0.5, 0.6) is 0 Å². The molecule has 0 radical (unpaired) electrons. The number of amides is 1. The number of benzene rings is 1. The monoisotopic (exact) mass is 196 g/mol. The second-order valence-electron chi connectivity index (χ2n) is 3.03. The third-order valence-corrected chi connectivity index (χ3v) is 2.47. The van der Waals surface area contributed by atoms with E-state index in [1.54, 1.807) is 6.07 Å². The highest BCUT2D eigenvalue weighted by Gasteiger charge is 2.18. The Morgan fingerprint density at radius 1 is 1.54 bits per heavy atom. The molecular weight excluding hydrogens is 188 g/mol. The molecule has 3 nitrogen and oxygen atoms in total. The van der Waals surface area contributed by atoms with E-state index >= 15 is 0 Å². The lowest BCUT2D eigenvalue weighted by Crippen LogP contribution is -2.03. The third kappa shape index (κ3) is 1.41. The largest absolute Gasteiger partial charge is 0.326 e. The molecule has 0 spiro atoms. The Morgan fingerprint density at radius 3 is 3.00 bits per heavy atom. The Bertz CT molecular complexity index is 376. The molecule has 4 heteroatoms. The molecule has 1 aliphatic heterocycles. The van der Waals surface area contributed by atoms with Gasteiger partial charge in [0.25, 0.3) is 0 Å². The summed E-state index contributed by atoms with van der Waals surface area (Å²) >= 11 is 5.92.